The number of benzene rings is 1. The molecular formula is C13H12Cl2F2O. The topological polar surface area (TPSA) is 12.5 Å². The third-order valence-electron chi connectivity index (χ3n) is 3.86. The summed E-state index contributed by atoms with van der Waals surface area (Å²) in [6, 6.07) is 5.36. The number of rotatable bonds is 1. The van der Waals surface area contributed by atoms with Gasteiger partial charge in [-0.05, 0) is 18.9 Å². The average molecular weight is 293 g/mol. The Hall–Kier alpha value is -0.380. The molecule has 1 spiro atoms. The molecule has 1 aromatic carbocycles. The molecule has 5 heteroatoms. The van der Waals surface area contributed by atoms with Crippen LogP contribution in [0.4, 0.5) is 8.78 Å². The van der Waals surface area contributed by atoms with Gasteiger partial charge in [-0.15, -0.1) is 0 Å². The van der Waals surface area contributed by atoms with Crippen molar-refractivity contribution in [3.63, 3.8) is 0 Å². The van der Waals surface area contributed by atoms with E-state index in [1.54, 1.807) is 12.1 Å². The Bertz CT molecular complexity index is 480. The van der Waals surface area contributed by atoms with Crippen LogP contribution in [0.1, 0.15) is 37.4 Å². The highest BCUT2D eigenvalue weighted by atomic mass is 35.5. The van der Waals surface area contributed by atoms with Gasteiger partial charge >= 0.3 is 0 Å². The van der Waals surface area contributed by atoms with E-state index in [9.17, 15) is 8.78 Å². The Morgan fingerprint density at radius 3 is 2.44 bits per heavy atom. The third-order valence-corrected chi connectivity index (χ3v) is 4.70. The fraction of sp³-hybridized carbons (Fsp3) is 0.538. The number of halogens is 4. The van der Waals surface area contributed by atoms with Gasteiger partial charge in [0.1, 0.15) is 6.10 Å². The zero-order valence-corrected chi connectivity index (χ0v) is 11.1. The molecule has 1 aromatic rings. The number of ether oxygens (including phenoxy) is 1. The molecule has 1 saturated carbocycles. The highest BCUT2D eigenvalue weighted by Gasteiger charge is 2.61. The van der Waals surface area contributed by atoms with Crippen LogP contribution in [0.25, 0.3) is 0 Å². The van der Waals surface area contributed by atoms with Crippen molar-refractivity contribution in [3.8, 4) is 0 Å². The van der Waals surface area contributed by atoms with Crippen LogP contribution in [0.15, 0.2) is 18.2 Å². The maximum Gasteiger partial charge on any atom is 0.248 e. The van der Waals surface area contributed by atoms with E-state index in [1.807, 2.05) is 6.07 Å². The van der Waals surface area contributed by atoms with Gasteiger partial charge in [-0.3, -0.25) is 0 Å². The van der Waals surface area contributed by atoms with E-state index in [0.29, 0.717) is 22.9 Å². The SMILES string of the molecule is FC1(F)CCC2(CC1)OC2c1cccc(Cl)c1Cl. The van der Waals surface area contributed by atoms with Crippen molar-refractivity contribution >= 4 is 23.2 Å². The van der Waals surface area contributed by atoms with E-state index < -0.39 is 11.5 Å². The Labute approximate surface area is 114 Å². The number of epoxide rings is 1. The molecule has 2 aliphatic rings. The molecule has 0 radical (unpaired) electrons. The van der Waals surface area contributed by atoms with Crippen LogP contribution in [0.5, 0.6) is 0 Å². The van der Waals surface area contributed by atoms with Crippen molar-refractivity contribution in [2.45, 2.75) is 43.3 Å². The summed E-state index contributed by atoms with van der Waals surface area (Å²) in [6.45, 7) is 0. The summed E-state index contributed by atoms with van der Waals surface area (Å²) in [7, 11) is 0. The molecule has 1 atom stereocenters. The van der Waals surface area contributed by atoms with E-state index in [4.69, 9.17) is 27.9 Å². The second-order valence-corrected chi connectivity index (χ2v) is 5.85. The standard InChI is InChI=1S/C13H12Cl2F2O/c14-9-3-1-2-8(10(9)15)11-12(18-11)4-6-13(16,17)7-5-12/h1-3,11H,4-7H2. The van der Waals surface area contributed by atoms with Gasteiger partial charge in [0, 0.05) is 18.4 Å². The highest BCUT2D eigenvalue weighted by Crippen LogP contribution is 2.60. The van der Waals surface area contributed by atoms with Gasteiger partial charge in [0.2, 0.25) is 5.92 Å². The highest BCUT2D eigenvalue weighted by molar-refractivity contribution is 6.42. The average Bonchev–Trinajstić information content (AvgIpc) is 3.02. The molecular weight excluding hydrogens is 281 g/mol. The van der Waals surface area contributed by atoms with Crippen LogP contribution in [-0.2, 0) is 4.74 Å². The molecule has 3 rings (SSSR count). The summed E-state index contributed by atoms with van der Waals surface area (Å²) >= 11 is 12.1. The minimum Gasteiger partial charge on any atom is -0.361 e. The van der Waals surface area contributed by atoms with Crippen molar-refractivity contribution in [1.82, 2.24) is 0 Å². The predicted molar refractivity (Wildman–Crippen MR) is 66.4 cm³/mol. The van der Waals surface area contributed by atoms with Gasteiger partial charge in [-0.25, -0.2) is 8.78 Å². The molecule has 1 heterocycles. The molecule has 18 heavy (non-hydrogen) atoms. The smallest absolute Gasteiger partial charge is 0.248 e. The lowest BCUT2D eigenvalue weighted by Gasteiger charge is -2.26. The van der Waals surface area contributed by atoms with E-state index in [1.165, 1.54) is 0 Å². The fourth-order valence-electron chi connectivity index (χ4n) is 2.69. The molecule has 0 aromatic heterocycles. The Balaban J connectivity index is 1.80. The molecule has 1 nitrogen and oxygen atoms in total. The van der Waals surface area contributed by atoms with Crippen LogP contribution in [0.2, 0.25) is 10.0 Å². The first-order valence-electron chi connectivity index (χ1n) is 5.93. The summed E-state index contributed by atoms with van der Waals surface area (Å²) in [5.74, 6) is -2.54. The van der Waals surface area contributed by atoms with Crippen molar-refractivity contribution in [1.29, 1.82) is 0 Å². The Morgan fingerprint density at radius 1 is 1.11 bits per heavy atom. The van der Waals surface area contributed by atoms with Crippen molar-refractivity contribution in [2.24, 2.45) is 0 Å². The van der Waals surface area contributed by atoms with Gasteiger partial charge in [-0.1, -0.05) is 35.3 Å². The zero-order valence-electron chi connectivity index (χ0n) is 9.56. The minimum atomic E-state index is -2.54. The van der Waals surface area contributed by atoms with E-state index in [0.717, 1.165) is 5.56 Å². The normalized spacial score (nSPS) is 28.3. The second-order valence-electron chi connectivity index (χ2n) is 5.06. The van der Waals surface area contributed by atoms with Gasteiger partial charge in [0.15, 0.2) is 0 Å². The molecule has 98 valence electrons. The third kappa shape index (κ3) is 2.02. The molecule has 1 saturated heterocycles. The Kier molecular flexibility index (Phi) is 2.85. The van der Waals surface area contributed by atoms with Crippen LogP contribution in [0, 0.1) is 0 Å². The van der Waals surface area contributed by atoms with Gasteiger partial charge in [-0.2, -0.15) is 0 Å². The number of alkyl halides is 2. The second kappa shape index (κ2) is 4.06. The summed E-state index contributed by atoms with van der Waals surface area (Å²) in [4.78, 5) is 0. The largest absolute Gasteiger partial charge is 0.361 e. The van der Waals surface area contributed by atoms with Gasteiger partial charge in [0.05, 0.1) is 15.6 Å². The molecule has 1 unspecified atom stereocenters. The summed E-state index contributed by atoms with van der Waals surface area (Å²) in [6.07, 6.45) is 0.365. The van der Waals surface area contributed by atoms with Crippen molar-refractivity contribution in [2.75, 3.05) is 0 Å². The van der Waals surface area contributed by atoms with Crippen LogP contribution in [-0.4, -0.2) is 11.5 Å². The summed E-state index contributed by atoms with van der Waals surface area (Å²) in [5, 5.41) is 0.944. The first-order valence-corrected chi connectivity index (χ1v) is 6.69. The zero-order chi connectivity index (χ0) is 13.0. The van der Waals surface area contributed by atoms with Crippen molar-refractivity contribution in [3.05, 3.63) is 33.8 Å². The van der Waals surface area contributed by atoms with Gasteiger partial charge < -0.3 is 4.74 Å². The lowest BCUT2D eigenvalue weighted by atomic mass is 9.82. The fourth-order valence-corrected chi connectivity index (χ4v) is 3.10. The van der Waals surface area contributed by atoms with E-state index in [2.05, 4.69) is 0 Å². The quantitative estimate of drug-likeness (QED) is 0.663. The maximum atomic E-state index is 13.1. The van der Waals surface area contributed by atoms with E-state index in [-0.39, 0.29) is 18.9 Å². The molecule has 0 amide bonds. The number of hydrogen-bond donors (Lipinski definition) is 0. The number of hydrogen-bond acceptors (Lipinski definition) is 1. The van der Waals surface area contributed by atoms with Gasteiger partial charge in [0.25, 0.3) is 0 Å². The minimum absolute atomic E-state index is 0.109. The van der Waals surface area contributed by atoms with Crippen LogP contribution < -0.4 is 0 Å². The lowest BCUT2D eigenvalue weighted by Crippen LogP contribution is -2.30. The summed E-state index contributed by atoms with van der Waals surface area (Å²) in [5.41, 5.74) is 0.380. The van der Waals surface area contributed by atoms with E-state index >= 15 is 0 Å². The predicted octanol–water partition coefficient (Wildman–Crippen LogP) is 5.01. The Morgan fingerprint density at radius 2 is 1.78 bits per heavy atom. The van der Waals surface area contributed by atoms with Crippen LogP contribution >= 0.6 is 23.2 Å². The molecule has 0 bridgehead atoms. The summed E-state index contributed by atoms with van der Waals surface area (Å²) < 4.78 is 32.0. The monoisotopic (exact) mass is 292 g/mol. The lowest BCUT2D eigenvalue weighted by molar-refractivity contribution is -0.0508. The van der Waals surface area contributed by atoms with Crippen LogP contribution in [0.3, 0.4) is 0 Å². The molecule has 1 aliphatic heterocycles. The molecule has 0 N–H and O–H groups in total. The first kappa shape index (κ1) is 12.6. The molecule has 2 fully saturated rings. The maximum absolute atomic E-state index is 13.1. The first-order chi connectivity index (χ1) is 8.44. The van der Waals surface area contributed by atoms with Crippen molar-refractivity contribution < 1.29 is 13.5 Å². The molecule has 1 aliphatic carbocycles.